The minimum atomic E-state index is -1.80. The first-order valence-electron chi connectivity index (χ1n) is 6.00. The molecule has 0 atom stereocenters. The van der Waals surface area contributed by atoms with Gasteiger partial charge in [-0.25, -0.2) is 17.6 Å². The number of aryl methyl sites for hydroxylation is 1. The summed E-state index contributed by atoms with van der Waals surface area (Å²) >= 11 is 0. The number of aliphatic hydroxyl groups excluding tert-OH is 1. The minimum absolute atomic E-state index is 0.0614. The van der Waals surface area contributed by atoms with Crippen LogP contribution in [0.5, 0.6) is 0 Å². The highest BCUT2D eigenvalue weighted by Gasteiger charge is 2.18. The molecule has 3 nitrogen and oxygen atoms in total. The topological polar surface area (TPSA) is 49.7 Å². The van der Waals surface area contributed by atoms with Crippen LogP contribution in [-0.2, 0) is 10.8 Å². The summed E-state index contributed by atoms with van der Waals surface area (Å²) in [6.45, 7) is -1.78. The summed E-state index contributed by atoms with van der Waals surface area (Å²) in [5, 5.41) is 16.8. The Labute approximate surface area is 116 Å². The number of hydrogen-bond acceptors (Lipinski definition) is 3. The van der Waals surface area contributed by atoms with Gasteiger partial charge in [0.05, 0.1) is 0 Å². The fourth-order valence-corrected chi connectivity index (χ4v) is 2.29. The van der Waals surface area contributed by atoms with E-state index in [9.17, 15) is 17.6 Å². The molecule has 0 saturated heterocycles. The molecule has 1 rings (SSSR count). The lowest BCUT2D eigenvalue weighted by Crippen LogP contribution is -2.13. The molecule has 2 N–H and O–H groups in total. The molecule has 0 aliphatic carbocycles. The first-order valence-corrected chi connectivity index (χ1v) is 7.11. The van der Waals surface area contributed by atoms with E-state index in [2.05, 4.69) is 4.43 Å². The second-order valence-corrected chi connectivity index (χ2v) is 5.13. The van der Waals surface area contributed by atoms with Crippen molar-refractivity contribution >= 4 is 9.76 Å². The molecule has 0 aromatic heterocycles. The van der Waals surface area contributed by atoms with E-state index in [1.165, 1.54) is 0 Å². The van der Waals surface area contributed by atoms with Crippen molar-refractivity contribution in [3.05, 3.63) is 34.9 Å². The quantitative estimate of drug-likeness (QED) is 0.193. The summed E-state index contributed by atoms with van der Waals surface area (Å²) in [4.78, 5) is 0. The van der Waals surface area contributed by atoms with Crippen molar-refractivity contribution in [2.24, 2.45) is 0 Å². The Bertz CT molecular complexity index is 443. The number of halogens is 4. The molecular weight excluding hydrogens is 296 g/mol. The van der Waals surface area contributed by atoms with Crippen LogP contribution in [0.3, 0.4) is 0 Å². The van der Waals surface area contributed by atoms with Crippen LogP contribution in [0.2, 0.25) is 6.04 Å². The average molecular weight is 310 g/mol. The second-order valence-electron chi connectivity index (χ2n) is 4.11. The number of unbranched alkanes of at least 4 members (excludes halogenated alkanes) is 2. The smallest absolute Gasteiger partial charge is 0.256 e. The van der Waals surface area contributed by atoms with Gasteiger partial charge in [-0.2, -0.15) is 0 Å². The highest BCUT2D eigenvalue weighted by Crippen LogP contribution is 2.20. The molecule has 2 radical (unpaired) electrons. The van der Waals surface area contributed by atoms with Crippen molar-refractivity contribution in [2.75, 3.05) is 0 Å². The van der Waals surface area contributed by atoms with Crippen LogP contribution in [0.1, 0.15) is 24.8 Å². The Morgan fingerprint density at radius 1 is 1.00 bits per heavy atom. The van der Waals surface area contributed by atoms with Crippen molar-refractivity contribution in [3.63, 3.8) is 0 Å². The molecule has 0 fully saturated rings. The predicted octanol–water partition coefficient (Wildman–Crippen LogP) is 2.28. The molecule has 1 aromatic rings. The molecule has 0 saturated carbocycles. The maximum absolute atomic E-state index is 13.3. The molecule has 0 aliphatic rings. The van der Waals surface area contributed by atoms with Crippen molar-refractivity contribution in [1.29, 1.82) is 0 Å². The van der Waals surface area contributed by atoms with Crippen LogP contribution >= 0.6 is 0 Å². The zero-order valence-corrected chi connectivity index (χ0v) is 11.5. The standard InChI is InChI=1S/C12H14F4O3Si/c13-8-6-7(9(14)11(16)10(8)15)4-2-1-3-5-20-19-12(17)18/h6,12,17-18H,1-5H2. The van der Waals surface area contributed by atoms with Gasteiger partial charge in [-0.3, -0.25) is 0 Å². The van der Waals surface area contributed by atoms with Gasteiger partial charge in [0.2, 0.25) is 9.76 Å². The summed E-state index contributed by atoms with van der Waals surface area (Å²) in [5.41, 5.74) is -0.189. The molecule has 112 valence electrons. The average Bonchev–Trinajstić information content (AvgIpc) is 2.40. The Morgan fingerprint density at radius 2 is 1.70 bits per heavy atom. The van der Waals surface area contributed by atoms with Gasteiger partial charge < -0.3 is 14.6 Å². The fourth-order valence-electron chi connectivity index (χ4n) is 1.63. The van der Waals surface area contributed by atoms with Crippen LogP contribution in [0.15, 0.2) is 6.07 Å². The van der Waals surface area contributed by atoms with Gasteiger partial charge in [0.1, 0.15) is 0 Å². The van der Waals surface area contributed by atoms with Crippen molar-refractivity contribution in [1.82, 2.24) is 0 Å². The number of hydrogen-bond donors (Lipinski definition) is 2. The highest BCUT2D eigenvalue weighted by atomic mass is 28.2. The third-order valence-electron chi connectivity index (χ3n) is 2.59. The fraction of sp³-hybridized carbons (Fsp3) is 0.500. The van der Waals surface area contributed by atoms with Crippen molar-refractivity contribution in [3.8, 4) is 0 Å². The monoisotopic (exact) mass is 310 g/mol. The zero-order valence-electron chi connectivity index (χ0n) is 10.5. The zero-order chi connectivity index (χ0) is 15.1. The molecule has 8 heteroatoms. The lowest BCUT2D eigenvalue weighted by atomic mass is 10.1. The van der Waals surface area contributed by atoms with Crippen LogP contribution in [0, 0.1) is 23.3 Å². The summed E-state index contributed by atoms with van der Waals surface area (Å²) in [7, 11) is -0.0614. The Kier molecular flexibility index (Phi) is 7.14. The molecule has 0 aliphatic heterocycles. The lowest BCUT2D eigenvalue weighted by Gasteiger charge is -2.06. The summed E-state index contributed by atoms with van der Waals surface area (Å²) in [6.07, 6.45) is 1.93. The van der Waals surface area contributed by atoms with Crippen LogP contribution in [0.25, 0.3) is 0 Å². The van der Waals surface area contributed by atoms with E-state index < -0.39 is 29.7 Å². The second kappa shape index (κ2) is 8.35. The van der Waals surface area contributed by atoms with E-state index in [0.717, 1.165) is 0 Å². The molecule has 0 bridgehead atoms. The van der Waals surface area contributed by atoms with Gasteiger partial charge in [0.25, 0.3) is 6.48 Å². The van der Waals surface area contributed by atoms with Gasteiger partial charge in [-0.1, -0.05) is 12.8 Å². The Balaban J connectivity index is 2.32. The number of aliphatic hydroxyl groups is 2. The van der Waals surface area contributed by atoms with Gasteiger partial charge in [0.15, 0.2) is 23.3 Å². The number of rotatable bonds is 8. The lowest BCUT2D eigenvalue weighted by molar-refractivity contribution is -0.180. The molecule has 0 heterocycles. The largest absolute Gasteiger partial charge is 0.372 e. The van der Waals surface area contributed by atoms with E-state index in [1.54, 1.807) is 0 Å². The van der Waals surface area contributed by atoms with Crippen LogP contribution < -0.4 is 0 Å². The predicted molar refractivity (Wildman–Crippen MR) is 63.7 cm³/mol. The maximum atomic E-state index is 13.3. The van der Waals surface area contributed by atoms with E-state index >= 15 is 0 Å². The van der Waals surface area contributed by atoms with E-state index in [-0.39, 0.29) is 21.7 Å². The van der Waals surface area contributed by atoms with Crippen molar-refractivity contribution < 1.29 is 32.2 Å². The van der Waals surface area contributed by atoms with Gasteiger partial charge in [-0.15, -0.1) is 0 Å². The summed E-state index contributed by atoms with van der Waals surface area (Å²) in [5.74, 6) is -6.33. The van der Waals surface area contributed by atoms with Crippen molar-refractivity contribution in [2.45, 2.75) is 38.2 Å². The minimum Gasteiger partial charge on any atom is -0.372 e. The third kappa shape index (κ3) is 5.20. The van der Waals surface area contributed by atoms with E-state index in [0.29, 0.717) is 31.4 Å². The first-order chi connectivity index (χ1) is 9.43. The van der Waals surface area contributed by atoms with E-state index in [1.807, 2.05) is 0 Å². The maximum Gasteiger partial charge on any atom is 0.256 e. The normalized spacial score (nSPS) is 11.3. The van der Waals surface area contributed by atoms with Gasteiger partial charge >= 0.3 is 0 Å². The summed E-state index contributed by atoms with van der Waals surface area (Å²) in [6, 6.07) is 1.27. The van der Waals surface area contributed by atoms with Gasteiger partial charge in [0, 0.05) is 0 Å². The van der Waals surface area contributed by atoms with E-state index in [4.69, 9.17) is 10.2 Å². The SMILES string of the molecule is OC(O)O[Si]CCCCCc1cc(F)c(F)c(F)c1F. The Hall–Kier alpha value is -0.963. The van der Waals surface area contributed by atoms with Crippen LogP contribution in [0.4, 0.5) is 17.6 Å². The highest BCUT2D eigenvalue weighted by molar-refractivity contribution is 6.26. The summed E-state index contributed by atoms with van der Waals surface area (Å²) < 4.78 is 56.4. The molecule has 0 spiro atoms. The van der Waals surface area contributed by atoms with Gasteiger partial charge in [-0.05, 0) is 30.5 Å². The molecule has 1 aromatic carbocycles. The molecular formula is C12H14F4O3Si. The van der Waals surface area contributed by atoms with Crippen LogP contribution in [-0.4, -0.2) is 26.5 Å². The molecule has 20 heavy (non-hydrogen) atoms. The third-order valence-corrected chi connectivity index (χ3v) is 3.53. The Morgan fingerprint density at radius 3 is 2.35 bits per heavy atom. The first kappa shape index (κ1) is 17.1. The molecule has 0 unspecified atom stereocenters. The molecule has 0 amide bonds. The number of benzene rings is 1.